The van der Waals surface area contributed by atoms with E-state index in [9.17, 15) is 19.8 Å². The largest absolute Gasteiger partial charge is 0.508 e. The summed E-state index contributed by atoms with van der Waals surface area (Å²) in [6.45, 7) is 8.99. The number of piperazine rings is 1. The first-order valence-electron chi connectivity index (χ1n) is 12.5. The molecule has 0 bridgehead atoms. The van der Waals surface area contributed by atoms with Gasteiger partial charge in [0.2, 0.25) is 0 Å². The van der Waals surface area contributed by atoms with E-state index in [-0.39, 0.29) is 37.5 Å². The van der Waals surface area contributed by atoms with Crippen molar-refractivity contribution >= 4 is 29.1 Å². The molecule has 10 heteroatoms. The van der Waals surface area contributed by atoms with Gasteiger partial charge in [-0.3, -0.25) is 4.79 Å². The highest BCUT2D eigenvalue weighted by atomic mass is 16.5. The average molecular weight is 506 g/mol. The predicted octanol–water partition coefficient (Wildman–Crippen LogP) is 4.36. The van der Waals surface area contributed by atoms with Gasteiger partial charge in [-0.15, -0.1) is 0 Å². The molecule has 10 nitrogen and oxygen atoms in total. The van der Waals surface area contributed by atoms with Crippen molar-refractivity contribution in [2.75, 3.05) is 26.2 Å². The molecule has 2 fully saturated rings. The number of hydrogen-bond donors (Lipinski definition) is 2. The second-order valence-corrected chi connectivity index (χ2v) is 10.1. The third kappa shape index (κ3) is 4.53. The first-order chi connectivity index (χ1) is 17.7. The van der Waals surface area contributed by atoms with Crippen LogP contribution in [0.1, 0.15) is 55.4 Å². The molecule has 2 aliphatic heterocycles. The summed E-state index contributed by atoms with van der Waals surface area (Å²) in [7, 11) is 0. The minimum Gasteiger partial charge on any atom is -0.508 e. The standard InChI is InChI=1S/C27H31N5O5/c1-4-20-23-19(25(34)31-13-12-30(26(35)36)16-27(31,2)3)15-21(17-8-10-18(33)11-9-17)28-24(23)32(29-20)22-7-5-6-14-37-22/h4,8-11,15,22,33H,1,5-7,12-14,16H2,2-3H3,(H,35,36). The Hall–Kier alpha value is -3.92. The minimum absolute atomic E-state index is 0.133. The van der Waals surface area contributed by atoms with Gasteiger partial charge in [-0.2, -0.15) is 5.10 Å². The fraction of sp³-hybridized carbons (Fsp3) is 0.407. The number of hydrogen-bond acceptors (Lipinski definition) is 6. The number of nitrogens with zero attached hydrogens (tertiary/aromatic N) is 5. The Morgan fingerprint density at radius 2 is 1.95 bits per heavy atom. The minimum atomic E-state index is -0.996. The van der Waals surface area contributed by atoms with E-state index < -0.39 is 11.6 Å². The number of carbonyl (C=O) groups excluding carboxylic acids is 1. The lowest BCUT2D eigenvalue weighted by Gasteiger charge is -2.46. The highest BCUT2D eigenvalue weighted by molar-refractivity contribution is 6.09. The van der Waals surface area contributed by atoms with Crippen LogP contribution in [0.15, 0.2) is 36.9 Å². The van der Waals surface area contributed by atoms with Gasteiger partial charge in [0, 0.05) is 31.8 Å². The van der Waals surface area contributed by atoms with Gasteiger partial charge in [0.25, 0.3) is 5.91 Å². The van der Waals surface area contributed by atoms with Crippen molar-refractivity contribution in [2.45, 2.75) is 44.9 Å². The van der Waals surface area contributed by atoms with E-state index in [4.69, 9.17) is 14.8 Å². The van der Waals surface area contributed by atoms with Crippen LogP contribution in [-0.2, 0) is 4.74 Å². The lowest BCUT2D eigenvalue weighted by atomic mass is 9.96. The molecule has 0 saturated carbocycles. The van der Waals surface area contributed by atoms with Crippen LogP contribution in [0, 0.1) is 0 Å². The Morgan fingerprint density at radius 3 is 2.57 bits per heavy atom. The Bertz CT molecular complexity index is 1360. The van der Waals surface area contributed by atoms with Gasteiger partial charge in [-0.25, -0.2) is 14.5 Å². The summed E-state index contributed by atoms with van der Waals surface area (Å²) >= 11 is 0. The number of aromatic nitrogens is 3. The maximum Gasteiger partial charge on any atom is 0.407 e. The Labute approximate surface area is 214 Å². The van der Waals surface area contributed by atoms with Crippen molar-refractivity contribution in [3.05, 3.63) is 48.2 Å². The van der Waals surface area contributed by atoms with E-state index in [1.54, 1.807) is 46.0 Å². The molecule has 2 saturated heterocycles. The van der Waals surface area contributed by atoms with Gasteiger partial charge >= 0.3 is 6.09 Å². The lowest BCUT2D eigenvalue weighted by molar-refractivity contribution is -0.0370. The smallest absolute Gasteiger partial charge is 0.407 e. The molecule has 2 amide bonds. The molecule has 37 heavy (non-hydrogen) atoms. The number of amides is 2. The highest BCUT2D eigenvalue weighted by Gasteiger charge is 2.40. The van der Waals surface area contributed by atoms with Crippen LogP contribution in [-0.4, -0.2) is 78.6 Å². The second-order valence-electron chi connectivity index (χ2n) is 10.1. The van der Waals surface area contributed by atoms with E-state index in [0.717, 1.165) is 24.8 Å². The summed E-state index contributed by atoms with van der Waals surface area (Å²) in [5.74, 6) is -0.0940. The fourth-order valence-electron chi connectivity index (χ4n) is 5.21. The summed E-state index contributed by atoms with van der Waals surface area (Å²) in [5.41, 5.74) is 2.06. The predicted molar refractivity (Wildman–Crippen MR) is 138 cm³/mol. The van der Waals surface area contributed by atoms with Crippen molar-refractivity contribution in [1.82, 2.24) is 24.6 Å². The number of carboxylic acid groups (broad SMARTS) is 1. The van der Waals surface area contributed by atoms with Crippen LogP contribution in [0.25, 0.3) is 28.4 Å². The van der Waals surface area contributed by atoms with Gasteiger partial charge in [0.15, 0.2) is 11.9 Å². The number of phenols is 1. The van der Waals surface area contributed by atoms with E-state index in [2.05, 4.69) is 6.58 Å². The first-order valence-corrected chi connectivity index (χ1v) is 12.5. The zero-order chi connectivity index (χ0) is 26.3. The molecule has 0 radical (unpaired) electrons. The van der Waals surface area contributed by atoms with Gasteiger partial charge in [0.1, 0.15) is 5.75 Å². The molecule has 0 spiro atoms. The summed E-state index contributed by atoms with van der Waals surface area (Å²) in [5, 5.41) is 24.6. The molecule has 3 aromatic rings. The van der Waals surface area contributed by atoms with Crippen molar-refractivity contribution < 1.29 is 24.5 Å². The topological polar surface area (TPSA) is 121 Å². The van der Waals surface area contributed by atoms with Crippen LogP contribution in [0.5, 0.6) is 5.75 Å². The van der Waals surface area contributed by atoms with Crippen LogP contribution in [0.3, 0.4) is 0 Å². The number of carbonyl (C=O) groups is 2. The van der Waals surface area contributed by atoms with Crippen LogP contribution in [0.2, 0.25) is 0 Å². The second kappa shape index (κ2) is 9.51. The SMILES string of the molecule is C=Cc1nn(C2CCCCO2)c2nc(-c3ccc(O)cc3)cc(C(=O)N3CCN(C(=O)O)CC3(C)C)c12. The monoisotopic (exact) mass is 505 g/mol. The zero-order valence-corrected chi connectivity index (χ0v) is 21.1. The molecule has 1 unspecified atom stereocenters. The van der Waals surface area contributed by atoms with E-state index in [1.807, 2.05) is 13.8 Å². The number of aromatic hydroxyl groups is 1. The van der Waals surface area contributed by atoms with Gasteiger partial charge < -0.3 is 24.7 Å². The summed E-state index contributed by atoms with van der Waals surface area (Å²) in [6, 6.07) is 8.40. The lowest BCUT2D eigenvalue weighted by Crippen LogP contribution is -2.61. The third-order valence-electron chi connectivity index (χ3n) is 7.12. The molecule has 5 rings (SSSR count). The average Bonchev–Trinajstić information content (AvgIpc) is 3.27. The Balaban J connectivity index is 1.68. The van der Waals surface area contributed by atoms with E-state index >= 15 is 0 Å². The molecule has 4 heterocycles. The molecule has 1 atom stereocenters. The highest BCUT2D eigenvalue weighted by Crippen LogP contribution is 2.34. The summed E-state index contributed by atoms with van der Waals surface area (Å²) in [6.07, 6.45) is 3.09. The van der Waals surface area contributed by atoms with Gasteiger partial charge in [-0.05, 0) is 69.5 Å². The Morgan fingerprint density at radius 1 is 1.19 bits per heavy atom. The fourth-order valence-corrected chi connectivity index (χ4v) is 5.21. The number of phenolic OH excluding ortho intramolecular Hbond substituents is 1. The summed E-state index contributed by atoms with van der Waals surface area (Å²) < 4.78 is 7.76. The number of ether oxygens (including phenoxy) is 1. The van der Waals surface area contributed by atoms with Crippen LogP contribution in [0.4, 0.5) is 4.79 Å². The van der Waals surface area contributed by atoms with Gasteiger partial charge in [0.05, 0.1) is 27.9 Å². The van der Waals surface area contributed by atoms with E-state index in [0.29, 0.717) is 34.6 Å². The quantitative estimate of drug-likeness (QED) is 0.540. The molecular weight excluding hydrogens is 474 g/mol. The van der Waals surface area contributed by atoms with Gasteiger partial charge in [-0.1, -0.05) is 6.58 Å². The van der Waals surface area contributed by atoms with Crippen molar-refractivity contribution in [1.29, 1.82) is 0 Å². The molecule has 2 aromatic heterocycles. The van der Waals surface area contributed by atoms with Crippen molar-refractivity contribution in [3.63, 3.8) is 0 Å². The number of pyridine rings is 1. The molecule has 0 aliphatic carbocycles. The normalized spacial score (nSPS) is 19.7. The number of rotatable bonds is 4. The van der Waals surface area contributed by atoms with Crippen LogP contribution < -0.4 is 0 Å². The van der Waals surface area contributed by atoms with Crippen molar-refractivity contribution in [2.24, 2.45) is 0 Å². The summed E-state index contributed by atoms with van der Waals surface area (Å²) in [4.78, 5) is 33.7. The maximum atomic E-state index is 14.2. The van der Waals surface area contributed by atoms with Crippen molar-refractivity contribution in [3.8, 4) is 17.0 Å². The molecule has 2 aliphatic rings. The maximum absolute atomic E-state index is 14.2. The Kier molecular flexibility index (Phi) is 6.36. The molecule has 2 N–H and O–H groups in total. The molecule has 194 valence electrons. The van der Waals surface area contributed by atoms with Crippen LogP contribution >= 0.6 is 0 Å². The van der Waals surface area contributed by atoms with E-state index in [1.165, 1.54) is 4.90 Å². The third-order valence-corrected chi connectivity index (χ3v) is 7.12. The first kappa shape index (κ1) is 24.8. The molecular formula is C27H31N5O5. The molecule has 1 aromatic carbocycles. The number of fused-ring (bicyclic) bond motifs is 1. The number of benzene rings is 1. The zero-order valence-electron chi connectivity index (χ0n) is 21.1.